The van der Waals surface area contributed by atoms with Crippen LogP contribution in [0.15, 0.2) is 12.5 Å². The van der Waals surface area contributed by atoms with Crippen molar-refractivity contribution in [3.63, 3.8) is 0 Å². The van der Waals surface area contributed by atoms with Crippen LogP contribution in [0.3, 0.4) is 0 Å². The minimum atomic E-state index is -0.261. The Hall–Kier alpha value is -0.370. The molecular formula is C7H13ClO2. The molecule has 0 saturated heterocycles. The van der Waals surface area contributed by atoms with Crippen LogP contribution in [0.25, 0.3) is 0 Å². The van der Waals surface area contributed by atoms with Gasteiger partial charge in [0, 0.05) is 0 Å². The predicted octanol–water partition coefficient (Wildman–Crippen LogP) is 2.49. The molecule has 0 atom stereocenters. The van der Waals surface area contributed by atoms with Crippen molar-refractivity contribution in [1.82, 2.24) is 0 Å². The standard InChI is InChI=1S/C7H13ClO2/c1-6(9-5-8)10-7(2,3)4/h1,5H2,2-4H3. The van der Waals surface area contributed by atoms with Crippen LogP contribution in [0.2, 0.25) is 0 Å². The Balaban J connectivity index is 3.58. The van der Waals surface area contributed by atoms with E-state index in [1.165, 1.54) is 0 Å². The van der Waals surface area contributed by atoms with Gasteiger partial charge in [-0.05, 0) is 27.4 Å². The van der Waals surface area contributed by atoms with E-state index in [2.05, 4.69) is 6.58 Å². The van der Waals surface area contributed by atoms with Gasteiger partial charge in [-0.25, -0.2) is 0 Å². The first-order valence-electron chi connectivity index (χ1n) is 3.02. The number of rotatable bonds is 3. The van der Waals surface area contributed by atoms with Crippen molar-refractivity contribution in [3.8, 4) is 0 Å². The van der Waals surface area contributed by atoms with E-state index in [1.807, 2.05) is 20.8 Å². The summed E-state index contributed by atoms with van der Waals surface area (Å²) in [6.07, 6.45) is 0. The normalized spacial score (nSPS) is 10.8. The van der Waals surface area contributed by atoms with Gasteiger partial charge in [0.25, 0.3) is 5.95 Å². The van der Waals surface area contributed by atoms with Gasteiger partial charge in [-0.1, -0.05) is 11.6 Å². The molecule has 0 radical (unpaired) electrons. The molecule has 0 saturated carbocycles. The maximum atomic E-state index is 5.26. The van der Waals surface area contributed by atoms with Crippen molar-refractivity contribution >= 4 is 11.6 Å². The highest BCUT2D eigenvalue weighted by Gasteiger charge is 2.12. The molecule has 0 amide bonds. The quantitative estimate of drug-likeness (QED) is 0.471. The fourth-order valence-corrected chi connectivity index (χ4v) is 0.554. The lowest BCUT2D eigenvalue weighted by Gasteiger charge is -2.21. The molecule has 0 unspecified atom stereocenters. The van der Waals surface area contributed by atoms with Crippen molar-refractivity contribution in [3.05, 3.63) is 12.5 Å². The van der Waals surface area contributed by atoms with Crippen LogP contribution in [-0.2, 0) is 9.47 Å². The van der Waals surface area contributed by atoms with Gasteiger partial charge >= 0.3 is 0 Å². The largest absolute Gasteiger partial charge is 0.460 e. The molecule has 0 spiro atoms. The summed E-state index contributed by atoms with van der Waals surface area (Å²) in [6.45, 7) is 9.24. The van der Waals surface area contributed by atoms with Crippen molar-refractivity contribution in [2.45, 2.75) is 26.4 Å². The minimum Gasteiger partial charge on any atom is -0.460 e. The molecule has 0 fully saturated rings. The fraction of sp³-hybridized carbons (Fsp3) is 0.714. The molecule has 2 nitrogen and oxygen atoms in total. The van der Waals surface area contributed by atoms with Gasteiger partial charge < -0.3 is 9.47 Å². The molecule has 0 N–H and O–H groups in total. The van der Waals surface area contributed by atoms with E-state index in [0.717, 1.165) is 0 Å². The van der Waals surface area contributed by atoms with Gasteiger partial charge in [-0.2, -0.15) is 0 Å². The lowest BCUT2D eigenvalue weighted by molar-refractivity contribution is -0.0330. The summed E-state index contributed by atoms with van der Waals surface area (Å²) >= 11 is 5.26. The van der Waals surface area contributed by atoms with Gasteiger partial charge in [0.15, 0.2) is 6.07 Å². The summed E-state index contributed by atoms with van der Waals surface area (Å²) in [5.74, 6) is 0.266. The van der Waals surface area contributed by atoms with E-state index in [1.54, 1.807) is 0 Å². The Kier molecular flexibility index (Phi) is 3.58. The highest BCUT2D eigenvalue weighted by atomic mass is 35.5. The summed E-state index contributed by atoms with van der Waals surface area (Å²) < 4.78 is 9.94. The summed E-state index contributed by atoms with van der Waals surface area (Å²) in [7, 11) is 0. The van der Waals surface area contributed by atoms with Crippen LogP contribution in [0.4, 0.5) is 0 Å². The van der Waals surface area contributed by atoms with Crippen LogP contribution in [-0.4, -0.2) is 11.7 Å². The van der Waals surface area contributed by atoms with Crippen molar-refractivity contribution in [2.24, 2.45) is 0 Å². The average Bonchev–Trinajstić information content (AvgIpc) is 1.59. The number of halogens is 1. The monoisotopic (exact) mass is 164 g/mol. The van der Waals surface area contributed by atoms with Gasteiger partial charge in [-0.15, -0.1) is 0 Å². The summed E-state index contributed by atoms with van der Waals surface area (Å²) in [4.78, 5) is 0. The van der Waals surface area contributed by atoms with Crippen molar-refractivity contribution < 1.29 is 9.47 Å². The van der Waals surface area contributed by atoms with Gasteiger partial charge in [-0.3, -0.25) is 0 Å². The summed E-state index contributed by atoms with van der Waals surface area (Å²) in [5.41, 5.74) is -0.261. The zero-order valence-corrected chi connectivity index (χ0v) is 7.36. The Morgan fingerprint density at radius 1 is 1.50 bits per heavy atom. The summed E-state index contributed by atoms with van der Waals surface area (Å²) in [6, 6.07) is 0.0783. The molecule has 0 heterocycles. The van der Waals surface area contributed by atoms with E-state index in [-0.39, 0.29) is 17.6 Å². The molecule has 0 bridgehead atoms. The van der Waals surface area contributed by atoms with Crippen LogP contribution in [0.5, 0.6) is 0 Å². The highest BCUT2D eigenvalue weighted by Crippen LogP contribution is 2.12. The molecule has 0 aromatic rings. The first kappa shape index (κ1) is 9.63. The lowest BCUT2D eigenvalue weighted by atomic mass is 10.2. The van der Waals surface area contributed by atoms with Gasteiger partial charge in [0.2, 0.25) is 0 Å². The Bertz CT molecular complexity index is 115. The zero-order chi connectivity index (χ0) is 8.20. The van der Waals surface area contributed by atoms with Crippen molar-refractivity contribution in [2.75, 3.05) is 6.07 Å². The van der Waals surface area contributed by atoms with E-state index in [4.69, 9.17) is 21.1 Å². The van der Waals surface area contributed by atoms with Crippen molar-refractivity contribution in [1.29, 1.82) is 0 Å². The smallest absolute Gasteiger partial charge is 0.273 e. The molecule has 0 aromatic carbocycles. The second-order valence-corrected chi connectivity index (χ2v) is 3.06. The summed E-state index contributed by atoms with van der Waals surface area (Å²) in [5, 5.41) is 0. The van der Waals surface area contributed by atoms with E-state index in [9.17, 15) is 0 Å². The van der Waals surface area contributed by atoms with Gasteiger partial charge in [0.05, 0.1) is 0 Å². The number of hydrogen-bond donors (Lipinski definition) is 0. The molecule has 10 heavy (non-hydrogen) atoms. The Morgan fingerprint density at radius 2 is 2.00 bits per heavy atom. The van der Waals surface area contributed by atoms with Crippen LogP contribution in [0, 0.1) is 0 Å². The molecule has 0 aliphatic rings. The topological polar surface area (TPSA) is 18.5 Å². The molecule has 60 valence electrons. The minimum absolute atomic E-state index is 0.0783. The maximum Gasteiger partial charge on any atom is 0.273 e. The maximum absolute atomic E-state index is 5.26. The molecular weight excluding hydrogens is 152 g/mol. The van der Waals surface area contributed by atoms with Crippen LogP contribution in [0.1, 0.15) is 20.8 Å². The Morgan fingerprint density at radius 3 is 2.30 bits per heavy atom. The highest BCUT2D eigenvalue weighted by molar-refractivity contribution is 6.17. The first-order chi connectivity index (χ1) is 4.45. The number of alkyl halides is 1. The van der Waals surface area contributed by atoms with Crippen LogP contribution < -0.4 is 0 Å². The SMILES string of the molecule is C=C(OCCl)OC(C)(C)C. The molecule has 0 aliphatic carbocycles. The number of hydrogen-bond acceptors (Lipinski definition) is 2. The first-order valence-corrected chi connectivity index (χ1v) is 3.56. The number of ether oxygens (including phenoxy) is 2. The fourth-order valence-electron chi connectivity index (χ4n) is 0.432. The van der Waals surface area contributed by atoms with E-state index >= 15 is 0 Å². The molecule has 0 rings (SSSR count). The van der Waals surface area contributed by atoms with E-state index < -0.39 is 0 Å². The van der Waals surface area contributed by atoms with Gasteiger partial charge in [0.1, 0.15) is 5.60 Å². The predicted molar refractivity (Wildman–Crippen MR) is 41.8 cm³/mol. The Labute approximate surface area is 66.8 Å². The third kappa shape index (κ3) is 5.76. The molecule has 3 heteroatoms. The second kappa shape index (κ2) is 3.71. The third-order valence-electron chi connectivity index (χ3n) is 0.636. The molecule has 0 aromatic heterocycles. The van der Waals surface area contributed by atoms with Crippen LogP contribution >= 0.6 is 11.6 Å². The lowest BCUT2D eigenvalue weighted by Crippen LogP contribution is -2.19. The third-order valence-corrected chi connectivity index (χ3v) is 0.745. The average molecular weight is 165 g/mol. The zero-order valence-electron chi connectivity index (χ0n) is 6.61. The second-order valence-electron chi connectivity index (χ2n) is 2.84. The van der Waals surface area contributed by atoms with E-state index in [0.29, 0.717) is 0 Å². The molecule has 0 aliphatic heterocycles.